The minimum atomic E-state index is -0.482. The van der Waals surface area contributed by atoms with Crippen molar-refractivity contribution in [3.63, 3.8) is 0 Å². The van der Waals surface area contributed by atoms with Crippen molar-refractivity contribution in [3.8, 4) is 0 Å². The molecule has 0 heterocycles. The Balaban J connectivity index is 2.10. The number of hydrogen-bond acceptors (Lipinski definition) is 4. The van der Waals surface area contributed by atoms with Crippen molar-refractivity contribution in [3.05, 3.63) is 86.3 Å². The van der Waals surface area contributed by atoms with Crippen molar-refractivity contribution in [2.24, 2.45) is 5.11 Å². The molecule has 0 saturated heterocycles. The monoisotopic (exact) mass is 294 g/mol. The van der Waals surface area contributed by atoms with Crippen LogP contribution in [0.5, 0.6) is 0 Å². The molecule has 0 radical (unpaired) electrons. The van der Waals surface area contributed by atoms with Crippen LogP contribution >= 0.6 is 0 Å². The zero-order valence-electron chi connectivity index (χ0n) is 11.3. The number of nitrogens with zero attached hydrogens (tertiary/aromatic N) is 4. The van der Waals surface area contributed by atoms with E-state index >= 15 is 0 Å². The molecule has 2 aromatic rings. The van der Waals surface area contributed by atoms with Crippen LogP contribution in [0.2, 0.25) is 0 Å². The predicted molar refractivity (Wildman–Crippen MR) is 81.7 cm³/mol. The number of allylic oxidation sites excluding steroid dienone is 1. The summed E-state index contributed by atoms with van der Waals surface area (Å²) in [4.78, 5) is 24.7. The maximum atomic E-state index is 12.0. The van der Waals surface area contributed by atoms with E-state index in [0.29, 0.717) is 16.8 Å². The van der Waals surface area contributed by atoms with Crippen LogP contribution in [0.15, 0.2) is 59.7 Å². The molecule has 0 saturated carbocycles. The first kappa shape index (κ1) is 15.0. The molecule has 0 aliphatic rings. The van der Waals surface area contributed by atoms with Crippen molar-refractivity contribution >= 4 is 23.2 Å². The Bertz CT molecular complexity index is 773. The van der Waals surface area contributed by atoms with Gasteiger partial charge in [0.1, 0.15) is 0 Å². The second-order valence-corrected chi connectivity index (χ2v) is 4.28. The van der Waals surface area contributed by atoms with E-state index in [1.54, 1.807) is 42.5 Å². The number of nitro benzene ring substituents is 1. The molecule has 0 aliphatic carbocycles. The second-order valence-electron chi connectivity index (χ2n) is 4.28. The largest absolute Gasteiger partial charge is 0.289 e. The zero-order valence-corrected chi connectivity index (χ0v) is 11.3. The van der Waals surface area contributed by atoms with Crippen LogP contribution < -0.4 is 0 Å². The van der Waals surface area contributed by atoms with E-state index in [2.05, 4.69) is 10.0 Å². The SMILES string of the molecule is [N-]=[N+]=Nc1ccc(C(=O)C=Cc2ccc([N+](=O)[O-])cc2)cc1. The van der Waals surface area contributed by atoms with Gasteiger partial charge in [-0.3, -0.25) is 14.9 Å². The summed E-state index contributed by atoms with van der Waals surface area (Å²) >= 11 is 0. The number of carbonyl (C=O) groups excluding carboxylic acids is 1. The van der Waals surface area contributed by atoms with Crippen molar-refractivity contribution in [2.75, 3.05) is 0 Å². The molecular weight excluding hydrogens is 284 g/mol. The van der Waals surface area contributed by atoms with E-state index in [1.165, 1.54) is 18.2 Å². The third-order valence-electron chi connectivity index (χ3n) is 2.84. The highest BCUT2D eigenvalue weighted by atomic mass is 16.6. The number of hydrogen-bond donors (Lipinski definition) is 0. The molecule has 2 rings (SSSR count). The first-order valence-electron chi connectivity index (χ1n) is 6.22. The molecule has 0 N–H and O–H groups in total. The second kappa shape index (κ2) is 6.83. The minimum absolute atomic E-state index is 0.00267. The highest BCUT2D eigenvalue weighted by Crippen LogP contribution is 2.15. The Morgan fingerprint density at radius 2 is 1.77 bits per heavy atom. The zero-order chi connectivity index (χ0) is 15.9. The van der Waals surface area contributed by atoms with Gasteiger partial charge < -0.3 is 0 Å². The van der Waals surface area contributed by atoms with Gasteiger partial charge in [-0.2, -0.15) is 0 Å². The molecule has 0 fully saturated rings. The number of carbonyl (C=O) groups is 1. The fourth-order valence-electron chi connectivity index (χ4n) is 1.72. The summed E-state index contributed by atoms with van der Waals surface area (Å²) in [5.41, 5.74) is 9.87. The molecule has 0 atom stereocenters. The quantitative estimate of drug-likeness (QED) is 0.155. The normalized spacial score (nSPS) is 10.2. The summed E-state index contributed by atoms with van der Waals surface area (Å²) < 4.78 is 0. The van der Waals surface area contributed by atoms with Crippen LogP contribution in [0.4, 0.5) is 11.4 Å². The minimum Gasteiger partial charge on any atom is -0.289 e. The number of azide groups is 1. The summed E-state index contributed by atoms with van der Waals surface area (Å²) in [6.07, 6.45) is 2.96. The van der Waals surface area contributed by atoms with Crippen molar-refractivity contribution in [1.29, 1.82) is 0 Å². The van der Waals surface area contributed by atoms with Crippen LogP contribution in [-0.4, -0.2) is 10.7 Å². The van der Waals surface area contributed by atoms with Crippen LogP contribution in [0.1, 0.15) is 15.9 Å². The Kier molecular flexibility index (Phi) is 4.64. The predicted octanol–water partition coefficient (Wildman–Crippen LogP) is 4.43. The first-order chi connectivity index (χ1) is 10.6. The van der Waals surface area contributed by atoms with Crippen molar-refractivity contribution in [2.45, 2.75) is 0 Å². The molecule has 7 nitrogen and oxygen atoms in total. The summed E-state index contributed by atoms with van der Waals surface area (Å²) in [5, 5.41) is 14.0. The van der Waals surface area contributed by atoms with Gasteiger partial charge in [0.2, 0.25) is 0 Å². The Morgan fingerprint density at radius 3 is 2.32 bits per heavy atom. The average molecular weight is 294 g/mol. The van der Waals surface area contributed by atoms with Gasteiger partial charge >= 0.3 is 0 Å². The number of ketones is 1. The Labute approximate surface area is 125 Å². The van der Waals surface area contributed by atoms with Gasteiger partial charge in [-0.15, -0.1) is 0 Å². The number of nitro groups is 1. The molecule has 0 unspecified atom stereocenters. The summed E-state index contributed by atoms with van der Waals surface area (Å²) in [5.74, 6) is -0.217. The number of rotatable bonds is 5. The summed E-state index contributed by atoms with van der Waals surface area (Å²) in [6, 6.07) is 12.1. The topological polar surface area (TPSA) is 109 Å². The van der Waals surface area contributed by atoms with Gasteiger partial charge in [0.25, 0.3) is 5.69 Å². The lowest BCUT2D eigenvalue weighted by molar-refractivity contribution is -0.384. The van der Waals surface area contributed by atoms with E-state index in [4.69, 9.17) is 5.53 Å². The standard InChI is InChI=1S/C15H10N4O3/c16-18-17-13-6-4-12(5-7-13)15(20)10-3-11-1-8-14(9-2-11)19(21)22/h1-10H. The molecule has 108 valence electrons. The maximum Gasteiger partial charge on any atom is 0.269 e. The van der Waals surface area contributed by atoms with Crippen LogP contribution in [0, 0.1) is 10.1 Å². The third-order valence-corrected chi connectivity index (χ3v) is 2.84. The average Bonchev–Trinajstić information content (AvgIpc) is 2.54. The van der Waals surface area contributed by atoms with E-state index in [9.17, 15) is 14.9 Å². The Hall–Kier alpha value is -3.44. The lowest BCUT2D eigenvalue weighted by Crippen LogP contribution is -1.93. The van der Waals surface area contributed by atoms with E-state index in [-0.39, 0.29) is 11.5 Å². The van der Waals surface area contributed by atoms with Crippen molar-refractivity contribution < 1.29 is 9.72 Å². The molecule has 0 amide bonds. The molecule has 22 heavy (non-hydrogen) atoms. The molecule has 0 aromatic heterocycles. The first-order valence-corrected chi connectivity index (χ1v) is 6.22. The fourth-order valence-corrected chi connectivity index (χ4v) is 1.72. The van der Waals surface area contributed by atoms with E-state index in [1.807, 2.05) is 0 Å². The fraction of sp³-hybridized carbons (Fsp3) is 0. The van der Waals surface area contributed by atoms with Crippen molar-refractivity contribution in [1.82, 2.24) is 0 Å². The van der Waals surface area contributed by atoms with Gasteiger partial charge in [-0.25, -0.2) is 0 Å². The van der Waals surface area contributed by atoms with Gasteiger partial charge in [-0.05, 0) is 29.3 Å². The molecule has 0 bridgehead atoms. The lowest BCUT2D eigenvalue weighted by Gasteiger charge is -1.97. The molecule has 7 heteroatoms. The highest BCUT2D eigenvalue weighted by Gasteiger charge is 2.04. The lowest BCUT2D eigenvalue weighted by atomic mass is 10.1. The summed E-state index contributed by atoms with van der Waals surface area (Å²) in [7, 11) is 0. The van der Waals surface area contributed by atoms with Crippen LogP contribution in [0.25, 0.3) is 16.5 Å². The van der Waals surface area contributed by atoms with Crippen LogP contribution in [-0.2, 0) is 0 Å². The molecule has 2 aromatic carbocycles. The van der Waals surface area contributed by atoms with E-state index in [0.717, 1.165) is 0 Å². The molecule has 0 aliphatic heterocycles. The van der Waals surface area contributed by atoms with E-state index < -0.39 is 4.92 Å². The summed E-state index contributed by atoms with van der Waals surface area (Å²) in [6.45, 7) is 0. The number of non-ortho nitro benzene ring substituents is 1. The smallest absolute Gasteiger partial charge is 0.269 e. The Morgan fingerprint density at radius 1 is 1.14 bits per heavy atom. The van der Waals surface area contributed by atoms with Gasteiger partial charge in [0, 0.05) is 28.3 Å². The molecule has 0 spiro atoms. The third kappa shape index (κ3) is 3.78. The number of benzene rings is 2. The maximum absolute atomic E-state index is 12.0. The van der Waals surface area contributed by atoms with Gasteiger partial charge in [0.15, 0.2) is 5.78 Å². The molecular formula is C15H10N4O3. The highest BCUT2D eigenvalue weighted by molar-refractivity contribution is 6.06. The van der Waals surface area contributed by atoms with Gasteiger partial charge in [-0.1, -0.05) is 35.5 Å². The van der Waals surface area contributed by atoms with Gasteiger partial charge in [0.05, 0.1) is 4.92 Å². The van der Waals surface area contributed by atoms with Crippen LogP contribution in [0.3, 0.4) is 0 Å².